The Morgan fingerprint density at radius 2 is 1.84 bits per heavy atom. The van der Waals surface area contributed by atoms with Gasteiger partial charge in [-0.25, -0.2) is 4.39 Å². The Morgan fingerprint density at radius 3 is 2.48 bits per heavy atom. The Hall–Kier alpha value is -2.93. The molecule has 0 unspecified atom stereocenters. The van der Waals surface area contributed by atoms with E-state index in [4.69, 9.17) is 0 Å². The standard InChI is InChI=1S/C18H13FN2O3S/c19-14-4-2-1-3-13(14)10-20-16(22)12-7-5-11(6-8-12)9-15-17(23)21-18(24)25-15/h1-9H,10H2,(H,20,22)(H,21,23,24)/b15-9-. The summed E-state index contributed by atoms with van der Waals surface area (Å²) in [5, 5.41) is 4.43. The predicted octanol–water partition coefficient (Wildman–Crippen LogP) is 3.08. The molecular formula is C18H13FN2O3S. The van der Waals surface area contributed by atoms with Crippen molar-refractivity contribution in [2.24, 2.45) is 0 Å². The lowest BCUT2D eigenvalue weighted by Gasteiger charge is -2.06. The Bertz CT molecular complexity index is 878. The van der Waals surface area contributed by atoms with Gasteiger partial charge in [-0.2, -0.15) is 0 Å². The van der Waals surface area contributed by atoms with Gasteiger partial charge in [0.15, 0.2) is 0 Å². The van der Waals surface area contributed by atoms with E-state index in [1.165, 1.54) is 6.07 Å². The summed E-state index contributed by atoms with van der Waals surface area (Å²) in [7, 11) is 0. The van der Waals surface area contributed by atoms with E-state index in [0.717, 1.165) is 11.8 Å². The van der Waals surface area contributed by atoms with Crippen LogP contribution < -0.4 is 10.6 Å². The lowest BCUT2D eigenvalue weighted by Crippen LogP contribution is -2.23. The van der Waals surface area contributed by atoms with Gasteiger partial charge < -0.3 is 5.32 Å². The Kier molecular flexibility index (Phi) is 4.95. The number of hydrogen-bond donors (Lipinski definition) is 2. The van der Waals surface area contributed by atoms with Crippen molar-refractivity contribution in [3.8, 4) is 0 Å². The minimum atomic E-state index is -0.429. The Labute approximate surface area is 147 Å². The summed E-state index contributed by atoms with van der Waals surface area (Å²) < 4.78 is 13.5. The van der Waals surface area contributed by atoms with Crippen LogP contribution in [0.5, 0.6) is 0 Å². The third-order valence-corrected chi connectivity index (χ3v) is 4.32. The second-order valence-corrected chi connectivity index (χ2v) is 6.26. The Morgan fingerprint density at radius 1 is 1.12 bits per heavy atom. The number of carbonyl (C=O) groups excluding carboxylic acids is 3. The van der Waals surface area contributed by atoms with Gasteiger partial charge in [-0.1, -0.05) is 30.3 Å². The van der Waals surface area contributed by atoms with E-state index in [-0.39, 0.29) is 18.3 Å². The molecule has 0 saturated carbocycles. The van der Waals surface area contributed by atoms with Gasteiger partial charge in [-0.3, -0.25) is 19.7 Å². The van der Waals surface area contributed by atoms with E-state index in [1.807, 2.05) is 0 Å². The number of thioether (sulfide) groups is 1. The monoisotopic (exact) mass is 356 g/mol. The van der Waals surface area contributed by atoms with Gasteiger partial charge in [-0.05, 0) is 41.6 Å². The van der Waals surface area contributed by atoms with E-state index in [1.54, 1.807) is 48.5 Å². The van der Waals surface area contributed by atoms with Crippen molar-refractivity contribution in [3.63, 3.8) is 0 Å². The molecule has 1 aliphatic heterocycles. The number of imide groups is 1. The van der Waals surface area contributed by atoms with Crippen LogP contribution in [0.3, 0.4) is 0 Å². The van der Waals surface area contributed by atoms with Crippen molar-refractivity contribution < 1.29 is 18.8 Å². The van der Waals surface area contributed by atoms with E-state index in [9.17, 15) is 18.8 Å². The molecule has 0 bridgehead atoms. The van der Waals surface area contributed by atoms with Crippen LogP contribution in [-0.4, -0.2) is 17.1 Å². The summed E-state index contributed by atoms with van der Waals surface area (Å²) in [6, 6.07) is 12.8. The van der Waals surface area contributed by atoms with Gasteiger partial charge in [0.1, 0.15) is 5.82 Å². The van der Waals surface area contributed by atoms with Gasteiger partial charge in [0.2, 0.25) is 0 Å². The van der Waals surface area contributed by atoms with Crippen LogP contribution >= 0.6 is 11.8 Å². The maximum Gasteiger partial charge on any atom is 0.290 e. The highest BCUT2D eigenvalue weighted by Gasteiger charge is 2.24. The fourth-order valence-corrected chi connectivity index (χ4v) is 2.90. The summed E-state index contributed by atoms with van der Waals surface area (Å²) in [5.41, 5.74) is 1.52. The first-order valence-corrected chi connectivity index (χ1v) is 8.21. The van der Waals surface area contributed by atoms with Gasteiger partial charge in [-0.15, -0.1) is 0 Å². The highest BCUT2D eigenvalue weighted by Crippen LogP contribution is 2.25. The first-order valence-electron chi connectivity index (χ1n) is 7.39. The fraction of sp³-hybridized carbons (Fsp3) is 0.0556. The molecule has 1 saturated heterocycles. The smallest absolute Gasteiger partial charge is 0.290 e. The van der Waals surface area contributed by atoms with Gasteiger partial charge in [0, 0.05) is 17.7 Å². The van der Waals surface area contributed by atoms with Crippen molar-refractivity contribution in [1.29, 1.82) is 0 Å². The van der Waals surface area contributed by atoms with E-state index in [2.05, 4.69) is 10.6 Å². The number of benzene rings is 2. The summed E-state index contributed by atoms with van der Waals surface area (Å²) in [5.74, 6) is -1.13. The third-order valence-electron chi connectivity index (χ3n) is 3.51. The molecule has 0 spiro atoms. The molecule has 25 heavy (non-hydrogen) atoms. The van der Waals surface area contributed by atoms with Crippen molar-refractivity contribution in [2.45, 2.75) is 6.54 Å². The minimum Gasteiger partial charge on any atom is -0.348 e. The van der Waals surface area contributed by atoms with Crippen molar-refractivity contribution in [1.82, 2.24) is 10.6 Å². The van der Waals surface area contributed by atoms with Crippen LogP contribution in [0.25, 0.3) is 6.08 Å². The molecule has 2 aromatic rings. The van der Waals surface area contributed by atoms with Crippen molar-refractivity contribution in [2.75, 3.05) is 0 Å². The number of amides is 3. The molecule has 0 aromatic heterocycles. The van der Waals surface area contributed by atoms with Gasteiger partial charge in [0.25, 0.3) is 17.1 Å². The quantitative estimate of drug-likeness (QED) is 0.826. The van der Waals surface area contributed by atoms with Crippen LogP contribution in [-0.2, 0) is 11.3 Å². The summed E-state index contributed by atoms with van der Waals surface area (Å²) in [4.78, 5) is 35.0. The highest BCUT2D eigenvalue weighted by atomic mass is 32.2. The van der Waals surface area contributed by atoms with Crippen LogP contribution in [0.1, 0.15) is 21.5 Å². The topological polar surface area (TPSA) is 75.3 Å². The zero-order valence-corrected chi connectivity index (χ0v) is 13.7. The second kappa shape index (κ2) is 7.31. The number of rotatable bonds is 4. The third kappa shape index (κ3) is 4.13. The molecule has 126 valence electrons. The molecule has 3 amide bonds. The molecular weight excluding hydrogens is 343 g/mol. The molecule has 2 aromatic carbocycles. The van der Waals surface area contributed by atoms with Gasteiger partial charge in [0.05, 0.1) is 4.91 Å². The molecule has 0 radical (unpaired) electrons. The molecule has 2 N–H and O–H groups in total. The lowest BCUT2D eigenvalue weighted by atomic mass is 10.1. The zero-order valence-electron chi connectivity index (χ0n) is 12.9. The molecule has 0 aliphatic carbocycles. The molecule has 1 heterocycles. The van der Waals surface area contributed by atoms with Crippen molar-refractivity contribution in [3.05, 3.63) is 75.9 Å². The lowest BCUT2D eigenvalue weighted by molar-refractivity contribution is -0.115. The molecule has 3 rings (SSSR count). The number of carbonyl (C=O) groups is 3. The zero-order chi connectivity index (χ0) is 17.8. The minimum absolute atomic E-state index is 0.0935. The molecule has 7 heteroatoms. The molecule has 5 nitrogen and oxygen atoms in total. The Balaban J connectivity index is 1.65. The maximum absolute atomic E-state index is 13.5. The maximum atomic E-state index is 13.5. The molecule has 1 fully saturated rings. The fourth-order valence-electron chi connectivity index (χ4n) is 2.22. The number of hydrogen-bond acceptors (Lipinski definition) is 4. The molecule has 1 aliphatic rings. The summed E-state index contributed by atoms with van der Waals surface area (Å²) in [6.45, 7) is 0.0935. The summed E-state index contributed by atoms with van der Waals surface area (Å²) in [6.07, 6.45) is 1.58. The van der Waals surface area contributed by atoms with E-state index < -0.39 is 11.1 Å². The van der Waals surface area contributed by atoms with E-state index >= 15 is 0 Å². The second-order valence-electron chi connectivity index (χ2n) is 5.25. The first-order chi connectivity index (χ1) is 12.0. The molecule has 0 atom stereocenters. The largest absolute Gasteiger partial charge is 0.348 e. The van der Waals surface area contributed by atoms with Crippen LogP contribution in [0.2, 0.25) is 0 Å². The van der Waals surface area contributed by atoms with Crippen LogP contribution in [0.15, 0.2) is 53.4 Å². The van der Waals surface area contributed by atoms with Crippen molar-refractivity contribution >= 4 is 34.9 Å². The summed E-state index contributed by atoms with van der Waals surface area (Å²) >= 11 is 0.833. The highest BCUT2D eigenvalue weighted by molar-refractivity contribution is 8.18. The van der Waals surface area contributed by atoms with Gasteiger partial charge >= 0.3 is 0 Å². The van der Waals surface area contributed by atoms with Crippen LogP contribution in [0.4, 0.5) is 9.18 Å². The van der Waals surface area contributed by atoms with E-state index in [0.29, 0.717) is 21.6 Å². The number of nitrogens with one attached hydrogen (secondary N) is 2. The predicted molar refractivity (Wildman–Crippen MR) is 93.1 cm³/mol. The normalized spacial score (nSPS) is 15.3. The van der Waals surface area contributed by atoms with Crippen LogP contribution in [0, 0.1) is 5.82 Å². The average Bonchev–Trinajstić information content (AvgIpc) is 2.92. The first kappa shape index (κ1) is 16.9. The number of halogens is 1. The average molecular weight is 356 g/mol. The SMILES string of the molecule is O=C1NC(=O)/C(=C/c2ccc(C(=O)NCc3ccccc3F)cc2)S1.